The molecule has 0 radical (unpaired) electrons. The lowest BCUT2D eigenvalue weighted by Crippen LogP contribution is -1.87. The van der Waals surface area contributed by atoms with E-state index in [4.69, 9.17) is 21.9 Å². The molecule has 1 heterocycles. The number of hydrogen-bond donors (Lipinski definition) is 1. The van der Waals surface area contributed by atoms with E-state index in [9.17, 15) is 4.39 Å². The molecule has 0 fully saturated rings. The molecule has 0 atom stereocenters. The highest BCUT2D eigenvalue weighted by Crippen LogP contribution is 2.28. The maximum Gasteiger partial charge on any atom is 0.258 e. The summed E-state index contributed by atoms with van der Waals surface area (Å²) in [5, 5.41) is 4.25. The van der Waals surface area contributed by atoms with Crippen LogP contribution in [0.2, 0.25) is 5.02 Å². The Labute approximate surface area is 132 Å². The van der Waals surface area contributed by atoms with Crippen LogP contribution in [0.4, 0.5) is 10.1 Å². The van der Waals surface area contributed by atoms with Crippen molar-refractivity contribution < 1.29 is 8.91 Å². The molecular weight excluding hydrogens is 361 g/mol. The summed E-state index contributed by atoms with van der Waals surface area (Å²) in [6.07, 6.45) is 0. The van der Waals surface area contributed by atoms with E-state index in [-0.39, 0.29) is 17.5 Å². The zero-order valence-electron chi connectivity index (χ0n) is 10.5. The summed E-state index contributed by atoms with van der Waals surface area (Å²) in [7, 11) is 0. The van der Waals surface area contributed by atoms with Crippen LogP contribution < -0.4 is 5.73 Å². The second-order valence-electron chi connectivity index (χ2n) is 4.32. The van der Waals surface area contributed by atoms with Gasteiger partial charge in [0.2, 0.25) is 5.82 Å². The van der Waals surface area contributed by atoms with Crippen molar-refractivity contribution in [3.05, 3.63) is 51.7 Å². The van der Waals surface area contributed by atoms with Crippen LogP contribution in [0.3, 0.4) is 0 Å². The number of benzene rings is 2. The SMILES string of the molecule is Nc1ccc(-c2nc(-c3cc(F)cc(Br)c3)no2)cc1Cl. The van der Waals surface area contributed by atoms with Gasteiger partial charge in [0.1, 0.15) is 5.82 Å². The van der Waals surface area contributed by atoms with Crippen molar-refractivity contribution in [2.45, 2.75) is 0 Å². The summed E-state index contributed by atoms with van der Waals surface area (Å²) in [6, 6.07) is 9.39. The van der Waals surface area contributed by atoms with Crippen molar-refractivity contribution in [3.63, 3.8) is 0 Å². The number of hydrogen-bond acceptors (Lipinski definition) is 4. The Morgan fingerprint density at radius 1 is 1.14 bits per heavy atom. The molecule has 3 rings (SSSR count). The molecule has 0 unspecified atom stereocenters. The van der Waals surface area contributed by atoms with Crippen LogP contribution in [0.5, 0.6) is 0 Å². The number of halogens is 3. The van der Waals surface area contributed by atoms with Gasteiger partial charge in [-0.25, -0.2) is 4.39 Å². The number of nitrogen functional groups attached to an aromatic ring is 1. The minimum Gasteiger partial charge on any atom is -0.398 e. The summed E-state index contributed by atoms with van der Waals surface area (Å²) >= 11 is 9.18. The Bertz CT molecular complexity index is 801. The van der Waals surface area contributed by atoms with Gasteiger partial charge in [-0.1, -0.05) is 32.7 Å². The molecule has 106 valence electrons. The first-order valence-corrected chi connectivity index (χ1v) is 7.05. The fourth-order valence-electron chi connectivity index (χ4n) is 1.80. The fraction of sp³-hybridized carbons (Fsp3) is 0. The molecule has 2 aromatic carbocycles. The van der Waals surface area contributed by atoms with Crippen LogP contribution in [-0.2, 0) is 0 Å². The number of nitrogens with two attached hydrogens (primary N) is 1. The van der Waals surface area contributed by atoms with Gasteiger partial charge >= 0.3 is 0 Å². The Morgan fingerprint density at radius 3 is 2.67 bits per heavy atom. The number of aromatic nitrogens is 2. The summed E-state index contributed by atoms with van der Waals surface area (Å²) in [6.45, 7) is 0. The third kappa shape index (κ3) is 2.91. The molecule has 0 saturated heterocycles. The van der Waals surface area contributed by atoms with Crippen molar-refractivity contribution in [1.82, 2.24) is 10.1 Å². The molecule has 21 heavy (non-hydrogen) atoms. The maximum atomic E-state index is 13.4. The lowest BCUT2D eigenvalue weighted by Gasteiger charge is -1.99. The molecule has 0 saturated carbocycles. The van der Waals surface area contributed by atoms with Gasteiger partial charge in [0.05, 0.1) is 10.7 Å². The van der Waals surface area contributed by atoms with Crippen molar-refractivity contribution in [1.29, 1.82) is 0 Å². The second-order valence-corrected chi connectivity index (χ2v) is 5.64. The molecule has 0 bridgehead atoms. The summed E-state index contributed by atoms with van der Waals surface area (Å²) in [5.74, 6) is 0.187. The highest BCUT2D eigenvalue weighted by molar-refractivity contribution is 9.10. The third-order valence-corrected chi connectivity index (χ3v) is 3.58. The largest absolute Gasteiger partial charge is 0.398 e. The standard InChI is InChI=1S/C14H8BrClFN3O/c15-9-3-8(4-10(17)6-9)13-19-14(21-20-13)7-1-2-12(18)11(16)5-7/h1-6H,18H2. The first-order chi connectivity index (χ1) is 10.0. The average molecular weight is 369 g/mol. The highest BCUT2D eigenvalue weighted by Gasteiger charge is 2.13. The lowest BCUT2D eigenvalue weighted by molar-refractivity contribution is 0.432. The van der Waals surface area contributed by atoms with Crippen molar-refractivity contribution in [2.24, 2.45) is 0 Å². The smallest absolute Gasteiger partial charge is 0.258 e. The minimum absolute atomic E-state index is 0.285. The Morgan fingerprint density at radius 2 is 1.95 bits per heavy atom. The Kier molecular flexibility index (Phi) is 3.65. The molecule has 0 aliphatic heterocycles. The first kappa shape index (κ1) is 14.0. The molecule has 0 amide bonds. The number of anilines is 1. The van der Waals surface area contributed by atoms with Gasteiger partial charge in [0, 0.05) is 15.6 Å². The molecule has 0 aliphatic carbocycles. The van der Waals surface area contributed by atoms with E-state index in [1.807, 2.05) is 0 Å². The van der Waals surface area contributed by atoms with Gasteiger partial charge in [-0.2, -0.15) is 4.98 Å². The van der Waals surface area contributed by atoms with Crippen molar-refractivity contribution in [3.8, 4) is 22.8 Å². The number of rotatable bonds is 2. The van der Waals surface area contributed by atoms with Gasteiger partial charge in [0.15, 0.2) is 0 Å². The molecule has 2 N–H and O–H groups in total. The van der Waals surface area contributed by atoms with Gasteiger partial charge in [0.25, 0.3) is 5.89 Å². The molecule has 0 aliphatic rings. The molecule has 7 heteroatoms. The molecule has 3 aromatic rings. The zero-order valence-corrected chi connectivity index (χ0v) is 12.8. The van der Waals surface area contributed by atoms with Crippen LogP contribution in [0.15, 0.2) is 45.4 Å². The van der Waals surface area contributed by atoms with Gasteiger partial charge in [-0.15, -0.1) is 0 Å². The van der Waals surface area contributed by atoms with Gasteiger partial charge in [-0.3, -0.25) is 0 Å². The van der Waals surface area contributed by atoms with Crippen LogP contribution >= 0.6 is 27.5 Å². The summed E-state index contributed by atoms with van der Waals surface area (Å²) < 4.78 is 19.2. The topological polar surface area (TPSA) is 64.9 Å². The quantitative estimate of drug-likeness (QED) is 0.674. The van der Waals surface area contributed by atoms with Gasteiger partial charge in [-0.05, 0) is 36.4 Å². The lowest BCUT2D eigenvalue weighted by atomic mass is 10.2. The van der Waals surface area contributed by atoms with E-state index >= 15 is 0 Å². The average Bonchev–Trinajstić information content (AvgIpc) is 2.90. The molecule has 0 spiro atoms. The van der Waals surface area contributed by atoms with E-state index in [1.54, 1.807) is 24.3 Å². The minimum atomic E-state index is -0.388. The molecule has 1 aromatic heterocycles. The normalized spacial score (nSPS) is 10.8. The van der Waals surface area contributed by atoms with Crippen molar-refractivity contribution >= 4 is 33.2 Å². The van der Waals surface area contributed by atoms with Crippen molar-refractivity contribution in [2.75, 3.05) is 5.73 Å². The van der Waals surface area contributed by atoms with Crippen LogP contribution in [-0.4, -0.2) is 10.1 Å². The maximum absolute atomic E-state index is 13.4. The predicted molar refractivity (Wildman–Crippen MR) is 82.3 cm³/mol. The second kappa shape index (κ2) is 5.46. The fourth-order valence-corrected chi connectivity index (χ4v) is 2.45. The molecular formula is C14H8BrClFN3O. The zero-order chi connectivity index (χ0) is 15.0. The highest BCUT2D eigenvalue weighted by atomic mass is 79.9. The van der Waals surface area contributed by atoms with E-state index < -0.39 is 0 Å². The number of nitrogens with zero attached hydrogens (tertiary/aromatic N) is 2. The molecule has 4 nitrogen and oxygen atoms in total. The Balaban J connectivity index is 2.01. The van der Waals surface area contributed by atoms with Gasteiger partial charge < -0.3 is 10.3 Å². The third-order valence-electron chi connectivity index (χ3n) is 2.79. The first-order valence-electron chi connectivity index (χ1n) is 5.88. The van der Waals surface area contributed by atoms with Crippen LogP contribution in [0.1, 0.15) is 0 Å². The van der Waals surface area contributed by atoms with E-state index in [0.29, 0.717) is 26.3 Å². The van der Waals surface area contributed by atoms with E-state index in [0.717, 1.165) is 0 Å². The summed E-state index contributed by atoms with van der Waals surface area (Å²) in [4.78, 5) is 4.24. The summed E-state index contributed by atoms with van der Waals surface area (Å²) in [5.41, 5.74) is 7.27. The van der Waals surface area contributed by atoms with E-state index in [2.05, 4.69) is 26.1 Å². The predicted octanol–water partition coefficient (Wildman–Crippen LogP) is 4.54. The van der Waals surface area contributed by atoms with E-state index in [1.165, 1.54) is 12.1 Å². The van der Waals surface area contributed by atoms with Crippen LogP contribution in [0, 0.1) is 5.82 Å². The van der Waals surface area contributed by atoms with Crippen LogP contribution in [0.25, 0.3) is 22.8 Å². The Hall–Kier alpha value is -1.92. The monoisotopic (exact) mass is 367 g/mol.